The molecule has 3 aromatic rings. The van der Waals surface area contributed by atoms with Crippen molar-refractivity contribution in [3.8, 4) is 11.5 Å². The minimum absolute atomic E-state index is 0.0636. The monoisotopic (exact) mass is 484 g/mol. The molecule has 180 valence electrons. The van der Waals surface area contributed by atoms with Crippen molar-refractivity contribution in [3.63, 3.8) is 0 Å². The summed E-state index contributed by atoms with van der Waals surface area (Å²) in [5.41, 5.74) is 1.81. The molecule has 2 aromatic carbocycles. The summed E-state index contributed by atoms with van der Waals surface area (Å²) >= 11 is 6.33. The van der Waals surface area contributed by atoms with Crippen molar-refractivity contribution in [2.24, 2.45) is 0 Å². The average Bonchev–Trinajstić information content (AvgIpc) is 3.12. The number of ether oxygens (including phenoxy) is 2. The molecule has 0 aliphatic carbocycles. The van der Waals surface area contributed by atoms with Crippen LogP contribution >= 0.6 is 11.6 Å². The number of fused-ring (bicyclic) bond motifs is 2. The van der Waals surface area contributed by atoms with Crippen molar-refractivity contribution in [1.29, 1.82) is 0 Å². The van der Waals surface area contributed by atoms with Crippen LogP contribution in [0, 0.1) is 6.92 Å². The second kappa shape index (κ2) is 9.68. The number of hydrogen-bond donors (Lipinski definition) is 0. The van der Waals surface area contributed by atoms with Gasteiger partial charge in [-0.1, -0.05) is 25.4 Å². The Labute approximate surface area is 203 Å². The smallest absolute Gasteiger partial charge is 0.290 e. The van der Waals surface area contributed by atoms with Crippen LogP contribution in [-0.4, -0.2) is 56.1 Å². The number of methoxy groups -OCH3 is 2. The van der Waals surface area contributed by atoms with Gasteiger partial charge in [0.2, 0.25) is 5.76 Å². The molecule has 0 spiro atoms. The third-order valence-electron chi connectivity index (χ3n) is 6.53. The van der Waals surface area contributed by atoms with E-state index in [-0.39, 0.29) is 17.1 Å². The maximum absolute atomic E-state index is 13.8. The lowest BCUT2D eigenvalue weighted by molar-refractivity contribution is 0.0706. The van der Waals surface area contributed by atoms with Crippen LogP contribution in [0.15, 0.2) is 39.5 Å². The average molecular weight is 485 g/mol. The van der Waals surface area contributed by atoms with Gasteiger partial charge in [-0.3, -0.25) is 9.59 Å². The first-order chi connectivity index (χ1) is 16.3. The third-order valence-corrected chi connectivity index (χ3v) is 6.94. The summed E-state index contributed by atoms with van der Waals surface area (Å²) in [7, 11) is 3.14. The van der Waals surface area contributed by atoms with Crippen LogP contribution in [0.4, 0.5) is 0 Å². The molecule has 1 amide bonds. The predicted molar refractivity (Wildman–Crippen MR) is 132 cm³/mol. The number of benzene rings is 2. The zero-order valence-electron chi connectivity index (χ0n) is 20.1. The quantitative estimate of drug-likeness (QED) is 0.463. The van der Waals surface area contributed by atoms with E-state index in [1.54, 1.807) is 43.4 Å². The molecule has 2 heterocycles. The number of halogens is 1. The van der Waals surface area contributed by atoms with Gasteiger partial charge in [0.25, 0.3) is 5.91 Å². The number of hydrogen-bond acceptors (Lipinski definition) is 6. The Morgan fingerprint density at radius 1 is 1.09 bits per heavy atom. The summed E-state index contributed by atoms with van der Waals surface area (Å²) in [6.45, 7) is 8.79. The van der Waals surface area contributed by atoms with E-state index in [4.69, 9.17) is 25.5 Å². The van der Waals surface area contributed by atoms with Crippen LogP contribution in [0.1, 0.15) is 47.1 Å². The van der Waals surface area contributed by atoms with Gasteiger partial charge in [-0.05, 0) is 55.9 Å². The number of nitrogens with zero attached hydrogens (tertiary/aromatic N) is 2. The number of aryl methyl sites for hydroxylation is 1. The standard InChI is InChI=1S/C26H29ClN2O5/c1-6-28(7-2)10-11-29-23(17-13-16(32-4)8-9-20(17)33-5)22-24(30)18-14-19(27)15(3)12-21(18)34-25(22)26(29)31/h8-9,12-14,23H,6-7,10-11H2,1-5H3. The van der Waals surface area contributed by atoms with Crippen molar-refractivity contribution in [2.75, 3.05) is 40.4 Å². The molecule has 1 unspecified atom stereocenters. The fourth-order valence-electron chi connectivity index (χ4n) is 4.54. The Morgan fingerprint density at radius 2 is 1.82 bits per heavy atom. The van der Waals surface area contributed by atoms with Gasteiger partial charge in [0.15, 0.2) is 5.43 Å². The fraction of sp³-hybridized carbons (Fsp3) is 0.385. The zero-order valence-corrected chi connectivity index (χ0v) is 20.9. The first-order valence-corrected chi connectivity index (χ1v) is 11.7. The Balaban J connectivity index is 1.96. The zero-order chi connectivity index (χ0) is 24.6. The predicted octanol–water partition coefficient (Wildman–Crippen LogP) is 4.66. The highest BCUT2D eigenvalue weighted by Gasteiger charge is 2.44. The number of carbonyl (C=O) groups is 1. The molecule has 0 bridgehead atoms. The Hall–Kier alpha value is -3.03. The highest BCUT2D eigenvalue weighted by Crippen LogP contribution is 2.43. The molecule has 1 aromatic heterocycles. The fourth-order valence-corrected chi connectivity index (χ4v) is 4.70. The van der Waals surface area contributed by atoms with E-state index in [1.165, 1.54) is 0 Å². The lowest BCUT2D eigenvalue weighted by atomic mass is 9.97. The summed E-state index contributed by atoms with van der Waals surface area (Å²) < 4.78 is 17.1. The molecule has 1 atom stereocenters. The van der Waals surface area contributed by atoms with Gasteiger partial charge in [0.05, 0.1) is 31.2 Å². The van der Waals surface area contributed by atoms with Gasteiger partial charge in [-0.15, -0.1) is 0 Å². The summed E-state index contributed by atoms with van der Waals surface area (Å²) in [6, 6.07) is 8.01. The lowest BCUT2D eigenvalue weighted by Gasteiger charge is -2.29. The molecular formula is C26H29ClN2O5. The van der Waals surface area contributed by atoms with Crippen molar-refractivity contribution in [1.82, 2.24) is 9.80 Å². The van der Waals surface area contributed by atoms with Crippen LogP contribution in [0.5, 0.6) is 11.5 Å². The highest BCUT2D eigenvalue weighted by molar-refractivity contribution is 6.32. The normalized spacial score (nSPS) is 15.3. The SMILES string of the molecule is CCN(CC)CCN1C(=O)c2oc3cc(C)c(Cl)cc3c(=O)c2C1c1cc(OC)ccc1OC. The van der Waals surface area contributed by atoms with Crippen LogP contribution in [0.25, 0.3) is 11.0 Å². The summed E-state index contributed by atoms with van der Waals surface area (Å²) in [5.74, 6) is 0.905. The molecule has 1 aliphatic rings. The van der Waals surface area contributed by atoms with E-state index < -0.39 is 6.04 Å². The molecule has 0 radical (unpaired) electrons. The van der Waals surface area contributed by atoms with E-state index >= 15 is 0 Å². The van der Waals surface area contributed by atoms with Gasteiger partial charge < -0.3 is 23.7 Å². The van der Waals surface area contributed by atoms with Gasteiger partial charge in [0.1, 0.15) is 17.1 Å². The molecule has 1 aliphatic heterocycles. The van der Waals surface area contributed by atoms with Crippen molar-refractivity contribution in [3.05, 3.63) is 68.0 Å². The first-order valence-electron chi connectivity index (χ1n) is 11.4. The van der Waals surface area contributed by atoms with Crippen LogP contribution in [0.2, 0.25) is 5.02 Å². The summed E-state index contributed by atoms with van der Waals surface area (Å²) in [4.78, 5) is 31.4. The van der Waals surface area contributed by atoms with Crippen LogP contribution in [-0.2, 0) is 0 Å². The van der Waals surface area contributed by atoms with Crippen LogP contribution in [0.3, 0.4) is 0 Å². The molecule has 0 fully saturated rings. The third kappa shape index (κ3) is 4.03. The van der Waals surface area contributed by atoms with Gasteiger partial charge in [-0.25, -0.2) is 0 Å². The maximum atomic E-state index is 13.8. The van der Waals surface area contributed by atoms with Gasteiger partial charge >= 0.3 is 0 Å². The number of amides is 1. The Bertz CT molecular complexity index is 1300. The van der Waals surface area contributed by atoms with Crippen molar-refractivity contribution < 1.29 is 18.7 Å². The Morgan fingerprint density at radius 3 is 2.47 bits per heavy atom. The van der Waals surface area contributed by atoms with E-state index in [0.717, 1.165) is 18.7 Å². The van der Waals surface area contributed by atoms with E-state index in [9.17, 15) is 9.59 Å². The second-order valence-electron chi connectivity index (χ2n) is 8.31. The first kappa shape index (κ1) is 24.1. The molecule has 0 saturated heterocycles. The van der Waals surface area contributed by atoms with Gasteiger partial charge in [0, 0.05) is 23.7 Å². The lowest BCUT2D eigenvalue weighted by Crippen LogP contribution is -2.38. The van der Waals surface area contributed by atoms with Gasteiger partial charge in [-0.2, -0.15) is 0 Å². The number of likely N-dealkylation sites (N-methyl/N-ethyl adjacent to an activating group) is 1. The largest absolute Gasteiger partial charge is 0.497 e. The maximum Gasteiger partial charge on any atom is 0.290 e. The highest BCUT2D eigenvalue weighted by atomic mass is 35.5. The molecule has 34 heavy (non-hydrogen) atoms. The van der Waals surface area contributed by atoms with E-state index in [1.807, 2.05) is 13.0 Å². The van der Waals surface area contributed by atoms with E-state index in [2.05, 4.69) is 18.7 Å². The minimum Gasteiger partial charge on any atom is -0.497 e. The molecule has 4 rings (SSSR count). The molecule has 0 saturated carbocycles. The topological polar surface area (TPSA) is 72.2 Å². The number of carbonyl (C=O) groups excluding carboxylic acids is 1. The molecular weight excluding hydrogens is 456 g/mol. The molecule has 7 nitrogen and oxygen atoms in total. The second-order valence-corrected chi connectivity index (χ2v) is 8.71. The number of rotatable bonds is 8. The summed E-state index contributed by atoms with van der Waals surface area (Å²) in [5, 5.41) is 0.817. The van der Waals surface area contributed by atoms with Crippen LogP contribution < -0.4 is 14.9 Å². The summed E-state index contributed by atoms with van der Waals surface area (Å²) in [6.07, 6.45) is 0. The van der Waals surface area contributed by atoms with Crippen molar-refractivity contribution in [2.45, 2.75) is 26.8 Å². The van der Waals surface area contributed by atoms with Crippen molar-refractivity contribution >= 4 is 28.5 Å². The molecule has 8 heteroatoms. The molecule has 0 N–H and O–H groups in total. The Kier molecular flexibility index (Phi) is 6.86. The minimum atomic E-state index is -0.677. The van der Waals surface area contributed by atoms with E-state index in [0.29, 0.717) is 51.7 Å².